The summed E-state index contributed by atoms with van der Waals surface area (Å²) in [5.41, 5.74) is 17.1. The zero-order chi connectivity index (χ0) is 78.9. The molecule has 12 aromatic rings. The van der Waals surface area contributed by atoms with E-state index in [1.807, 2.05) is 22.0 Å². The van der Waals surface area contributed by atoms with E-state index in [1.165, 1.54) is 41.1 Å². The minimum Gasteiger partial charge on any atom is -0.338 e. The Bertz CT molecular complexity index is 5020. The van der Waals surface area contributed by atoms with Crippen LogP contribution in [0.2, 0.25) is 0 Å². The van der Waals surface area contributed by atoms with Crippen molar-refractivity contribution < 1.29 is 16.8 Å². The van der Waals surface area contributed by atoms with Gasteiger partial charge < -0.3 is 19.6 Å². The van der Waals surface area contributed by atoms with Crippen molar-refractivity contribution in [2.75, 3.05) is 178 Å². The second-order valence-corrected chi connectivity index (χ2v) is 41.2. The van der Waals surface area contributed by atoms with Crippen molar-refractivity contribution in [3.05, 3.63) is 167 Å². The second kappa shape index (κ2) is 36.0. The van der Waals surface area contributed by atoms with Crippen LogP contribution in [0.5, 0.6) is 0 Å². The third-order valence-electron chi connectivity index (χ3n) is 21.5. The Kier molecular flexibility index (Phi) is 26.2. The van der Waals surface area contributed by atoms with Crippen molar-refractivity contribution in [2.24, 2.45) is 17.5 Å². The van der Waals surface area contributed by atoms with Crippen molar-refractivity contribution in [1.29, 1.82) is 0 Å². The second-order valence-electron chi connectivity index (χ2n) is 27.9. The molecule has 0 radical (unpaired) electrons. The van der Waals surface area contributed by atoms with E-state index in [1.54, 1.807) is 148 Å². The molecule has 4 aliphatic heterocycles. The summed E-state index contributed by atoms with van der Waals surface area (Å²) in [4.78, 5) is 74.1. The first-order valence-corrected chi connectivity index (χ1v) is 48.1. The first kappa shape index (κ1) is 81.6. The van der Waals surface area contributed by atoms with Crippen molar-refractivity contribution in [1.82, 2.24) is 79.4 Å². The molecule has 8 atom stereocenters. The van der Waals surface area contributed by atoms with Crippen molar-refractivity contribution >= 4 is 149 Å². The van der Waals surface area contributed by atoms with Gasteiger partial charge in [-0.2, -0.15) is 0 Å². The lowest BCUT2D eigenvalue weighted by atomic mass is 10.1. The number of hydrogen-bond acceptors (Lipinski definition) is 32. The first-order chi connectivity index (χ1) is 53.9. The highest BCUT2D eigenvalue weighted by atomic mass is 32.2. The number of hydrogen-bond donors (Lipinski definition) is 0. The standard InChI is InChI=1S/4C19H24N6OS2/c4*1-14(15-4-5-18-17(10-15)23-13-27-18)24-6-8-25(9-7-24)19-21-11-16(12-22-19)28(3,26)20-2/h4*4-5,10-14H,6-9H2,1-3H3/t2*14-,28+;2*14-,28-/m1010/s1. The maximum atomic E-state index is 12.3. The van der Waals surface area contributed by atoms with Crippen LogP contribution in [0.15, 0.2) is 181 Å². The van der Waals surface area contributed by atoms with Gasteiger partial charge in [0.25, 0.3) is 0 Å². The Morgan fingerprint density at radius 3 is 0.634 bits per heavy atom. The lowest BCUT2D eigenvalue weighted by molar-refractivity contribution is 0.198. The van der Waals surface area contributed by atoms with Gasteiger partial charge in [-0.25, -0.2) is 94.1 Å². The molecule has 12 heterocycles. The van der Waals surface area contributed by atoms with Gasteiger partial charge in [-0.15, -0.1) is 45.3 Å². The number of benzene rings is 4. The van der Waals surface area contributed by atoms with E-state index >= 15 is 0 Å². The SMILES string of the molecule is CN=[S@@](C)(=O)c1cnc(N2CCN([C@@H](C)c3ccc4scnc4c3)CC2)nc1.CN=[S@@](C)(=O)c1cnc(N2CCN([C@H](C)c3ccc4scnc4c3)CC2)nc1.CN=[S@](C)(=O)c1cnc(N2CCN([C@@H](C)c3ccc4scnc4c3)CC2)nc1.CN=[S@](C)(=O)c1cnc(N2CCN([C@H](C)c3ccc4scnc4c3)CC2)nc1. The molecule has 36 heteroatoms. The van der Waals surface area contributed by atoms with Crippen molar-refractivity contribution in [3.8, 4) is 0 Å². The zero-order valence-corrected chi connectivity index (χ0v) is 71.6. The van der Waals surface area contributed by atoms with Crippen LogP contribution in [0.3, 0.4) is 0 Å². The fraction of sp³-hybridized carbons (Fsp3) is 0.421. The summed E-state index contributed by atoms with van der Waals surface area (Å²) in [5.74, 6) is 2.75. The Balaban J connectivity index is 0.000000131. The minimum atomic E-state index is -2.39. The average Bonchev–Trinajstić information content (AvgIpc) is 1.81. The monoisotopic (exact) mass is 1660 g/mol. The summed E-state index contributed by atoms with van der Waals surface area (Å²) in [5, 5.41) is 0. The number of aromatic nitrogens is 12. The number of nitrogens with zero attached hydrogens (tertiary/aromatic N) is 24. The first-order valence-electron chi connectivity index (χ1n) is 36.9. The molecule has 0 amide bonds. The van der Waals surface area contributed by atoms with Gasteiger partial charge in [-0.1, -0.05) is 24.3 Å². The van der Waals surface area contributed by atoms with Gasteiger partial charge in [0.1, 0.15) is 0 Å². The van der Waals surface area contributed by atoms with Crippen molar-refractivity contribution in [2.45, 2.75) is 71.4 Å². The normalized spacial score (nSPS) is 18.8. The van der Waals surface area contributed by atoms with E-state index in [-0.39, 0.29) is 0 Å². The summed E-state index contributed by atoms with van der Waals surface area (Å²) in [6.45, 7) is 23.4. The van der Waals surface area contributed by atoms with E-state index < -0.39 is 38.9 Å². The molecule has 0 aliphatic carbocycles. The Hall–Kier alpha value is -8.40. The number of anilines is 4. The van der Waals surface area contributed by atoms with Crippen LogP contribution in [0.25, 0.3) is 40.9 Å². The molecule has 112 heavy (non-hydrogen) atoms. The molecule has 16 rings (SSSR count). The molecule has 0 spiro atoms. The molecule has 0 saturated carbocycles. The van der Waals surface area contributed by atoms with E-state index in [9.17, 15) is 16.8 Å². The molecule has 0 unspecified atom stereocenters. The van der Waals surface area contributed by atoms with Crippen LogP contribution in [-0.2, 0) is 38.9 Å². The highest BCUT2D eigenvalue weighted by Gasteiger charge is 2.29. The Morgan fingerprint density at radius 1 is 0.286 bits per heavy atom. The number of fused-ring (bicyclic) bond motifs is 4. The average molecular weight is 1670 g/mol. The Labute approximate surface area is 673 Å². The molecule has 4 fully saturated rings. The molecule has 0 N–H and O–H groups in total. The fourth-order valence-electron chi connectivity index (χ4n) is 13.7. The van der Waals surface area contributed by atoms with Gasteiger partial charge in [0, 0.05) is 232 Å². The topological polar surface area (TPSA) is 298 Å². The highest BCUT2D eigenvalue weighted by molar-refractivity contribution is 7.93. The molecule has 0 bridgehead atoms. The number of piperazine rings is 4. The lowest BCUT2D eigenvalue weighted by Gasteiger charge is -2.38. The predicted molar refractivity (Wildman–Crippen MR) is 458 cm³/mol. The van der Waals surface area contributed by atoms with Gasteiger partial charge in [0.15, 0.2) is 0 Å². The number of rotatable bonds is 16. The molecule has 4 aromatic carbocycles. The van der Waals surface area contributed by atoms with Gasteiger partial charge in [-0.05, 0) is 98.5 Å². The molecule has 592 valence electrons. The summed E-state index contributed by atoms with van der Waals surface area (Å²) in [7, 11) is -3.32. The summed E-state index contributed by atoms with van der Waals surface area (Å²) in [6.07, 6.45) is 19.5. The summed E-state index contributed by atoms with van der Waals surface area (Å²) in [6, 6.07) is 27.7. The smallest absolute Gasteiger partial charge is 0.225 e. The predicted octanol–water partition coefficient (Wildman–Crippen LogP) is 12.2. The lowest BCUT2D eigenvalue weighted by Crippen LogP contribution is -2.47. The highest BCUT2D eigenvalue weighted by Crippen LogP contribution is 2.33. The molecular formula is C76H96N24O4S8. The number of thiazole rings is 4. The summed E-state index contributed by atoms with van der Waals surface area (Å²) < 4.78 is 69.8. The molecular weight excluding hydrogens is 1570 g/mol. The van der Waals surface area contributed by atoms with Gasteiger partial charge in [0.2, 0.25) is 23.8 Å². The van der Waals surface area contributed by atoms with E-state index in [0.29, 0.717) is 67.5 Å². The van der Waals surface area contributed by atoms with Crippen LogP contribution >= 0.6 is 45.3 Å². The molecule has 8 aromatic heterocycles. The third-order valence-corrected chi connectivity index (χ3v) is 31.9. The minimum absolute atomic E-state index is 0.340. The molecule has 28 nitrogen and oxygen atoms in total. The molecule has 4 aliphatic rings. The van der Waals surface area contributed by atoms with E-state index in [2.05, 4.69) is 217 Å². The third kappa shape index (κ3) is 19.2. The van der Waals surface area contributed by atoms with Crippen LogP contribution in [-0.4, -0.2) is 254 Å². The van der Waals surface area contributed by atoms with Gasteiger partial charge >= 0.3 is 0 Å². The van der Waals surface area contributed by atoms with E-state index in [0.717, 1.165) is 127 Å². The maximum Gasteiger partial charge on any atom is 0.225 e. The Morgan fingerprint density at radius 2 is 0.464 bits per heavy atom. The van der Waals surface area contributed by atoms with Crippen LogP contribution in [0.1, 0.15) is 74.1 Å². The van der Waals surface area contributed by atoms with Crippen LogP contribution < -0.4 is 19.6 Å². The van der Waals surface area contributed by atoms with Gasteiger partial charge in [0.05, 0.1) is 121 Å². The van der Waals surface area contributed by atoms with Gasteiger partial charge in [-0.3, -0.25) is 19.6 Å². The quantitative estimate of drug-likeness (QED) is 0.0868. The molecule has 4 saturated heterocycles. The van der Waals surface area contributed by atoms with Crippen LogP contribution in [0, 0.1) is 0 Å². The van der Waals surface area contributed by atoms with Crippen LogP contribution in [0.4, 0.5) is 23.8 Å². The zero-order valence-electron chi connectivity index (χ0n) is 65.1. The van der Waals surface area contributed by atoms with E-state index in [4.69, 9.17) is 0 Å². The maximum absolute atomic E-state index is 12.3. The largest absolute Gasteiger partial charge is 0.338 e. The summed E-state index contributed by atoms with van der Waals surface area (Å²) >= 11 is 6.70. The van der Waals surface area contributed by atoms with Crippen molar-refractivity contribution in [3.63, 3.8) is 0 Å². The fourth-order valence-corrected chi connectivity index (χ4v) is 19.2.